The number of Topliss-reactive ketones (excluding diaryl/α,β-unsaturated/α-hetero) is 1. The Balaban J connectivity index is 3.46. The molecule has 0 aliphatic heterocycles. The Morgan fingerprint density at radius 3 is 2.36 bits per heavy atom. The van der Waals surface area contributed by atoms with Gasteiger partial charge in [0.1, 0.15) is 6.61 Å². The van der Waals surface area contributed by atoms with Crippen LogP contribution in [0.1, 0.15) is 20.8 Å². The number of carbonyl (C=O) groups excluding carboxylic acids is 1. The molecule has 0 radical (unpaired) electrons. The molecule has 0 heterocycles. The van der Waals surface area contributed by atoms with Crippen molar-refractivity contribution >= 4 is 5.78 Å². The first kappa shape index (κ1) is 10.6. The molecule has 1 N–H and O–H groups in total. The fourth-order valence-electron chi connectivity index (χ4n) is 0.576. The third-order valence-electron chi connectivity index (χ3n) is 1.12. The number of hydrogen-bond donors (Lipinski definition) is 1. The summed E-state index contributed by atoms with van der Waals surface area (Å²) < 4.78 is 4.68. The Labute approximate surface area is 68.1 Å². The number of carbonyl (C=O) groups is 1. The SMILES string of the molecule is COCC(=O)CNC(C)(C)C. The molecule has 0 rings (SSSR count). The van der Waals surface area contributed by atoms with Gasteiger partial charge in [-0.25, -0.2) is 0 Å². The van der Waals surface area contributed by atoms with Crippen molar-refractivity contribution in [2.24, 2.45) is 0 Å². The van der Waals surface area contributed by atoms with Crippen molar-refractivity contribution < 1.29 is 9.53 Å². The summed E-state index contributed by atoms with van der Waals surface area (Å²) in [6, 6.07) is 0. The summed E-state index contributed by atoms with van der Waals surface area (Å²) in [6.07, 6.45) is 0. The highest BCUT2D eigenvalue weighted by molar-refractivity contribution is 5.81. The second-order valence-electron chi connectivity index (χ2n) is 3.58. The highest BCUT2D eigenvalue weighted by Gasteiger charge is 2.10. The van der Waals surface area contributed by atoms with E-state index in [1.54, 1.807) is 0 Å². The van der Waals surface area contributed by atoms with Crippen LogP contribution in [0.4, 0.5) is 0 Å². The predicted molar refractivity (Wildman–Crippen MR) is 44.6 cm³/mol. The molecule has 0 aromatic rings. The Bertz CT molecular complexity index is 127. The summed E-state index contributed by atoms with van der Waals surface area (Å²) >= 11 is 0. The molecule has 66 valence electrons. The van der Waals surface area contributed by atoms with Gasteiger partial charge in [0.25, 0.3) is 0 Å². The van der Waals surface area contributed by atoms with Crippen molar-refractivity contribution in [3.05, 3.63) is 0 Å². The fraction of sp³-hybridized carbons (Fsp3) is 0.875. The van der Waals surface area contributed by atoms with Crippen LogP contribution in [-0.2, 0) is 9.53 Å². The minimum absolute atomic E-state index is 0.00337. The lowest BCUT2D eigenvalue weighted by Gasteiger charge is -2.19. The van der Waals surface area contributed by atoms with Crippen LogP contribution in [0.3, 0.4) is 0 Å². The molecule has 0 aliphatic carbocycles. The van der Waals surface area contributed by atoms with Crippen molar-refractivity contribution in [1.82, 2.24) is 5.32 Å². The quantitative estimate of drug-likeness (QED) is 0.652. The van der Waals surface area contributed by atoms with E-state index < -0.39 is 0 Å². The molecule has 0 amide bonds. The lowest BCUT2D eigenvalue weighted by Crippen LogP contribution is -2.40. The van der Waals surface area contributed by atoms with Gasteiger partial charge in [-0.05, 0) is 20.8 Å². The van der Waals surface area contributed by atoms with E-state index in [0.717, 1.165) is 0 Å². The maximum atomic E-state index is 10.9. The second-order valence-corrected chi connectivity index (χ2v) is 3.58. The number of ketones is 1. The molecule has 0 saturated heterocycles. The van der Waals surface area contributed by atoms with Gasteiger partial charge in [0.2, 0.25) is 0 Å². The average molecular weight is 159 g/mol. The zero-order valence-corrected chi connectivity index (χ0v) is 7.73. The summed E-state index contributed by atoms with van der Waals surface area (Å²) in [5.74, 6) is 0.0856. The van der Waals surface area contributed by atoms with Crippen molar-refractivity contribution in [2.75, 3.05) is 20.3 Å². The minimum atomic E-state index is 0.00337. The van der Waals surface area contributed by atoms with Crippen LogP contribution < -0.4 is 5.32 Å². The predicted octanol–water partition coefficient (Wildman–Crippen LogP) is 0.590. The van der Waals surface area contributed by atoms with Crippen LogP contribution in [0.2, 0.25) is 0 Å². The third kappa shape index (κ3) is 7.49. The number of nitrogens with one attached hydrogen (secondary N) is 1. The standard InChI is InChI=1S/C8H17NO2/c1-8(2,3)9-5-7(10)6-11-4/h9H,5-6H2,1-4H3. The normalized spacial score (nSPS) is 11.6. The van der Waals surface area contributed by atoms with Gasteiger partial charge in [-0.3, -0.25) is 4.79 Å². The molecular weight excluding hydrogens is 142 g/mol. The van der Waals surface area contributed by atoms with Crippen LogP contribution in [-0.4, -0.2) is 31.6 Å². The van der Waals surface area contributed by atoms with Gasteiger partial charge in [0.15, 0.2) is 5.78 Å². The Morgan fingerprint density at radius 2 is 2.00 bits per heavy atom. The largest absolute Gasteiger partial charge is 0.377 e. The Kier molecular flexibility index (Phi) is 4.30. The van der Waals surface area contributed by atoms with Crippen molar-refractivity contribution in [1.29, 1.82) is 0 Å². The lowest BCUT2D eigenvalue weighted by atomic mass is 10.1. The minimum Gasteiger partial charge on any atom is -0.377 e. The zero-order valence-electron chi connectivity index (χ0n) is 7.73. The van der Waals surface area contributed by atoms with E-state index in [1.165, 1.54) is 7.11 Å². The molecule has 3 nitrogen and oxygen atoms in total. The lowest BCUT2D eigenvalue weighted by molar-refractivity contribution is -0.122. The number of rotatable bonds is 4. The maximum Gasteiger partial charge on any atom is 0.172 e. The van der Waals surface area contributed by atoms with Crippen LogP contribution in [0, 0.1) is 0 Å². The van der Waals surface area contributed by atoms with Gasteiger partial charge < -0.3 is 10.1 Å². The van der Waals surface area contributed by atoms with Gasteiger partial charge in [-0.1, -0.05) is 0 Å². The molecule has 0 atom stereocenters. The molecule has 11 heavy (non-hydrogen) atoms. The van der Waals surface area contributed by atoms with Gasteiger partial charge >= 0.3 is 0 Å². The first-order valence-corrected chi connectivity index (χ1v) is 3.71. The van der Waals surface area contributed by atoms with Gasteiger partial charge in [-0.15, -0.1) is 0 Å². The molecule has 3 heteroatoms. The van der Waals surface area contributed by atoms with E-state index in [1.807, 2.05) is 20.8 Å². The molecule has 0 fully saturated rings. The first-order chi connectivity index (χ1) is 4.95. The summed E-state index contributed by atoms with van der Waals surface area (Å²) in [6.45, 7) is 6.65. The van der Waals surface area contributed by atoms with Gasteiger partial charge in [-0.2, -0.15) is 0 Å². The highest BCUT2D eigenvalue weighted by atomic mass is 16.5. The number of ether oxygens (including phenoxy) is 1. The molecule has 0 aromatic carbocycles. The molecule has 0 spiro atoms. The monoisotopic (exact) mass is 159 g/mol. The van der Waals surface area contributed by atoms with E-state index >= 15 is 0 Å². The topological polar surface area (TPSA) is 38.3 Å². The molecule has 0 aromatic heterocycles. The molecule has 0 saturated carbocycles. The Morgan fingerprint density at radius 1 is 1.45 bits per heavy atom. The molecular formula is C8H17NO2. The first-order valence-electron chi connectivity index (χ1n) is 3.71. The van der Waals surface area contributed by atoms with E-state index in [0.29, 0.717) is 6.54 Å². The average Bonchev–Trinajstić information content (AvgIpc) is 1.83. The number of methoxy groups -OCH3 is 1. The summed E-state index contributed by atoms with van der Waals surface area (Å²) in [7, 11) is 1.52. The maximum absolute atomic E-state index is 10.9. The van der Waals surface area contributed by atoms with Crippen LogP contribution in [0.5, 0.6) is 0 Å². The molecule has 0 aliphatic rings. The smallest absolute Gasteiger partial charge is 0.172 e. The molecule has 0 unspecified atom stereocenters. The molecule has 0 bridgehead atoms. The summed E-state index contributed by atoms with van der Waals surface area (Å²) in [5.41, 5.74) is 0.00337. The van der Waals surface area contributed by atoms with Crippen LogP contribution in [0.25, 0.3) is 0 Å². The fourth-order valence-corrected chi connectivity index (χ4v) is 0.576. The van der Waals surface area contributed by atoms with Gasteiger partial charge in [0.05, 0.1) is 6.54 Å². The summed E-state index contributed by atoms with van der Waals surface area (Å²) in [4.78, 5) is 10.9. The number of hydrogen-bond acceptors (Lipinski definition) is 3. The van der Waals surface area contributed by atoms with E-state index in [2.05, 4.69) is 10.1 Å². The Hall–Kier alpha value is -0.410. The zero-order chi connectivity index (χ0) is 8.91. The van der Waals surface area contributed by atoms with E-state index in [4.69, 9.17) is 0 Å². The van der Waals surface area contributed by atoms with Crippen molar-refractivity contribution in [3.63, 3.8) is 0 Å². The summed E-state index contributed by atoms with van der Waals surface area (Å²) in [5, 5.41) is 3.08. The highest BCUT2D eigenvalue weighted by Crippen LogP contribution is 1.96. The third-order valence-corrected chi connectivity index (χ3v) is 1.12. The van der Waals surface area contributed by atoms with Crippen molar-refractivity contribution in [2.45, 2.75) is 26.3 Å². The van der Waals surface area contributed by atoms with Crippen molar-refractivity contribution in [3.8, 4) is 0 Å². The van der Waals surface area contributed by atoms with E-state index in [-0.39, 0.29) is 17.9 Å². The second kappa shape index (κ2) is 4.46. The van der Waals surface area contributed by atoms with Crippen LogP contribution in [0.15, 0.2) is 0 Å². The van der Waals surface area contributed by atoms with Gasteiger partial charge in [0, 0.05) is 12.6 Å². The van der Waals surface area contributed by atoms with Crippen LogP contribution >= 0.6 is 0 Å². The van der Waals surface area contributed by atoms with E-state index in [9.17, 15) is 4.79 Å².